The van der Waals surface area contributed by atoms with Crippen molar-refractivity contribution in [2.45, 2.75) is 50.5 Å². The van der Waals surface area contributed by atoms with Crippen LogP contribution in [-0.4, -0.2) is 35.6 Å². The van der Waals surface area contributed by atoms with E-state index in [1.54, 1.807) is 7.05 Å². The zero-order valence-electron chi connectivity index (χ0n) is 15.5. The molecule has 1 aromatic carbocycles. The van der Waals surface area contributed by atoms with Crippen molar-refractivity contribution >= 4 is 40.7 Å². The van der Waals surface area contributed by atoms with Gasteiger partial charge in [0.2, 0.25) is 0 Å². The van der Waals surface area contributed by atoms with E-state index >= 15 is 0 Å². The number of benzene rings is 1. The Balaban J connectivity index is 0.00000312. The highest BCUT2D eigenvalue weighted by Gasteiger charge is 2.23. The molecule has 0 aromatic heterocycles. The fraction of sp³-hybridized carbons (Fsp3) is 0.632. The molecule has 0 heterocycles. The number of halogens is 1. The monoisotopic (exact) mass is 477 g/mol. The van der Waals surface area contributed by atoms with E-state index in [0.717, 1.165) is 22.7 Å². The third-order valence-corrected chi connectivity index (χ3v) is 6.24. The molecule has 1 fully saturated rings. The largest absolute Gasteiger partial charge is 0.355 e. The lowest BCUT2D eigenvalue weighted by atomic mass is 9.80. The molecule has 142 valence electrons. The van der Waals surface area contributed by atoms with Crippen LogP contribution in [0.15, 0.2) is 40.2 Å². The van der Waals surface area contributed by atoms with Gasteiger partial charge in [-0.15, -0.1) is 24.0 Å². The van der Waals surface area contributed by atoms with Crippen molar-refractivity contribution in [3.8, 4) is 0 Å². The third-order valence-electron chi connectivity index (χ3n) is 4.87. The second-order valence-electron chi connectivity index (χ2n) is 6.86. The van der Waals surface area contributed by atoms with E-state index in [0.29, 0.717) is 18.3 Å². The Labute approximate surface area is 172 Å². The van der Waals surface area contributed by atoms with Gasteiger partial charge in [-0.1, -0.05) is 32.0 Å². The predicted molar refractivity (Wildman–Crippen MR) is 118 cm³/mol. The first-order chi connectivity index (χ1) is 11.6. The molecule has 6 heteroatoms. The Bertz CT molecular complexity index is 543. The van der Waals surface area contributed by atoms with Gasteiger partial charge in [0.15, 0.2) is 5.96 Å². The van der Waals surface area contributed by atoms with E-state index < -0.39 is 10.8 Å². The average Bonchev–Trinajstić information content (AvgIpc) is 2.61. The van der Waals surface area contributed by atoms with Crippen LogP contribution in [0.4, 0.5) is 0 Å². The van der Waals surface area contributed by atoms with Gasteiger partial charge in [0.25, 0.3) is 0 Å². The quantitative estimate of drug-likeness (QED) is 0.373. The molecule has 0 saturated heterocycles. The van der Waals surface area contributed by atoms with E-state index in [4.69, 9.17) is 0 Å². The van der Waals surface area contributed by atoms with Crippen molar-refractivity contribution in [3.05, 3.63) is 30.3 Å². The lowest BCUT2D eigenvalue weighted by molar-refractivity contribution is 0.250. The first-order valence-electron chi connectivity index (χ1n) is 9.00. The van der Waals surface area contributed by atoms with E-state index in [1.165, 1.54) is 25.7 Å². The van der Waals surface area contributed by atoms with Crippen molar-refractivity contribution in [3.63, 3.8) is 0 Å². The van der Waals surface area contributed by atoms with Crippen LogP contribution in [0.25, 0.3) is 0 Å². The molecule has 1 aliphatic rings. The molecule has 0 bridgehead atoms. The molecule has 1 aliphatic carbocycles. The molecule has 2 rings (SSSR count). The Morgan fingerprint density at radius 2 is 1.84 bits per heavy atom. The van der Waals surface area contributed by atoms with E-state index in [1.807, 2.05) is 30.3 Å². The van der Waals surface area contributed by atoms with E-state index in [9.17, 15) is 4.21 Å². The highest BCUT2D eigenvalue weighted by atomic mass is 127. The summed E-state index contributed by atoms with van der Waals surface area (Å²) < 4.78 is 12.2. The van der Waals surface area contributed by atoms with Crippen LogP contribution in [0.3, 0.4) is 0 Å². The number of hydrogen-bond donors (Lipinski definition) is 2. The fourth-order valence-electron chi connectivity index (χ4n) is 3.27. The molecule has 0 spiro atoms. The molecule has 0 aliphatic heterocycles. The summed E-state index contributed by atoms with van der Waals surface area (Å²) in [6.07, 6.45) is 5.01. The number of aliphatic imine (C=N–C) groups is 1. The van der Waals surface area contributed by atoms with Crippen molar-refractivity contribution < 1.29 is 4.21 Å². The molecule has 0 amide bonds. The summed E-state index contributed by atoms with van der Waals surface area (Å²) in [5, 5.41) is 6.82. The average molecular weight is 477 g/mol. The topological polar surface area (TPSA) is 53.5 Å². The molecule has 1 aromatic rings. The Hall–Kier alpha value is -0.630. The normalized spacial score (nSPS) is 22.2. The fourth-order valence-corrected chi connectivity index (χ4v) is 4.25. The summed E-state index contributed by atoms with van der Waals surface area (Å²) in [5.74, 6) is 3.07. The zero-order chi connectivity index (χ0) is 17.4. The molecular formula is C19H32IN3OS. The van der Waals surface area contributed by atoms with Crippen LogP contribution >= 0.6 is 24.0 Å². The van der Waals surface area contributed by atoms with Gasteiger partial charge in [-0.3, -0.25) is 9.20 Å². The van der Waals surface area contributed by atoms with Crippen LogP contribution in [0.5, 0.6) is 0 Å². The maximum Gasteiger partial charge on any atom is 0.191 e. The summed E-state index contributed by atoms with van der Waals surface area (Å²) >= 11 is 0. The van der Waals surface area contributed by atoms with Crippen molar-refractivity contribution in [1.29, 1.82) is 0 Å². The summed E-state index contributed by atoms with van der Waals surface area (Å²) in [6.45, 7) is 5.31. The molecule has 4 nitrogen and oxygen atoms in total. The minimum absolute atomic E-state index is 0. The van der Waals surface area contributed by atoms with Crippen LogP contribution < -0.4 is 10.6 Å². The van der Waals surface area contributed by atoms with E-state index in [-0.39, 0.29) is 24.0 Å². The van der Waals surface area contributed by atoms with Crippen LogP contribution in [0, 0.1) is 11.8 Å². The predicted octanol–water partition coefficient (Wildman–Crippen LogP) is 3.79. The van der Waals surface area contributed by atoms with Crippen molar-refractivity contribution in [2.75, 3.05) is 19.3 Å². The summed E-state index contributed by atoms with van der Waals surface area (Å²) in [4.78, 5) is 5.18. The van der Waals surface area contributed by atoms with Gasteiger partial charge in [-0.05, 0) is 49.7 Å². The number of nitrogens with one attached hydrogen (secondary N) is 2. The summed E-state index contributed by atoms with van der Waals surface area (Å²) in [6, 6.07) is 10.1. The van der Waals surface area contributed by atoms with E-state index in [2.05, 4.69) is 29.5 Å². The second-order valence-corrected chi connectivity index (χ2v) is 8.43. The van der Waals surface area contributed by atoms with Gasteiger partial charge < -0.3 is 10.6 Å². The zero-order valence-corrected chi connectivity index (χ0v) is 18.7. The summed E-state index contributed by atoms with van der Waals surface area (Å²) in [5.41, 5.74) is 0. The highest BCUT2D eigenvalue weighted by molar-refractivity contribution is 14.0. The number of hydrogen-bond acceptors (Lipinski definition) is 2. The van der Waals surface area contributed by atoms with Gasteiger partial charge in [0.1, 0.15) is 0 Å². The van der Waals surface area contributed by atoms with Gasteiger partial charge in [0, 0.05) is 30.3 Å². The van der Waals surface area contributed by atoms with Crippen molar-refractivity contribution in [2.24, 2.45) is 16.8 Å². The minimum Gasteiger partial charge on any atom is -0.355 e. The molecule has 1 unspecified atom stereocenters. The number of rotatable bonds is 6. The highest BCUT2D eigenvalue weighted by Crippen LogP contribution is 2.29. The molecular weight excluding hydrogens is 445 g/mol. The molecule has 1 atom stereocenters. The lowest BCUT2D eigenvalue weighted by Crippen LogP contribution is -2.46. The standard InChI is InChI=1S/C19H31N3OS.HI/c1-15(2)16-9-11-17(12-10-16)22-19(20-3)21-13-14-24(23)18-7-5-4-6-8-18;/h4-8,15-17H,9-14H2,1-3H3,(H2,20,21,22);1H. The van der Waals surface area contributed by atoms with Crippen LogP contribution in [0.2, 0.25) is 0 Å². The Morgan fingerprint density at radius 3 is 2.40 bits per heavy atom. The Morgan fingerprint density at radius 1 is 1.20 bits per heavy atom. The molecule has 1 saturated carbocycles. The smallest absolute Gasteiger partial charge is 0.191 e. The third kappa shape index (κ3) is 7.64. The van der Waals surface area contributed by atoms with Gasteiger partial charge in [0.05, 0.1) is 10.8 Å². The van der Waals surface area contributed by atoms with Crippen LogP contribution in [0.1, 0.15) is 39.5 Å². The van der Waals surface area contributed by atoms with Gasteiger partial charge >= 0.3 is 0 Å². The second kappa shape index (κ2) is 11.9. The van der Waals surface area contributed by atoms with Crippen LogP contribution in [-0.2, 0) is 10.8 Å². The molecule has 25 heavy (non-hydrogen) atoms. The first kappa shape index (κ1) is 22.4. The minimum atomic E-state index is -0.964. The number of guanidine groups is 1. The van der Waals surface area contributed by atoms with Gasteiger partial charge in [-0.2, -0.15) is 0 Å². The van der Waals surface area contributed by atoms with Gasteiger partial charge in [-0.25, -0.2) is 0 Å². The first-order valence-corrected chi connectivity index (χ1v) is 10.3. The SMILES string of the molecule is CN=C(NCCS(=O)c1ccccc1)NC1CCC(C(C)C)CC1.I. The Kier molecular flexibility index (Phi) is 10.7. The number of nitrogens with zero attached hydrogens (tertiary/aromatic N) is 1. The van der Waals surface area contributed by atoms with Crippen molar-refractivity contribution in [1.82, 2.24) is 10.6 Å². The lowest BCUT2D eigenvalue weighted by Gasteiger charge is -2.32. The maximum atomic E-state index is 12.2. The summed E-state index contributed by atoms with van der Waals surface area (Å²) in [7, 11) is 0.831. The maximum absolute atomic E-state index is 12.2. The molecule has 2 N–H and O–H groups in total. The molecule has 0 radical (unpaired) electrons.